The van der Waals surface area contributed by atoms with Crippen molar-refractivity contribution in [3.8, 4) is 17.1 Å². The maximum absolute atomic E-state index is 6.46. The third kappa shape index (κ3) is 4.36. The highest BCUT2D eigenvalue weighted by Crippen LogP contribution is 2.41. The minimum Gasteiger partial charge on any atom is -0.448 e. The molecule has 0 saturated carbocycles. The van der Waals surface area contributed by atoms with Crippen molar-refractivity contribution in [2.45, 2.75) is 17.1 Å². The number of hydrogen-bond donors (Lipinski definition) is 1. The summed E-state index contributed by atoms with van der Waals surface area (Å²) in [6, 6.07) is 20.7. The lowest BCUT2D eigenvalue weighted by atomic mass is 10.1. The van der Waals surface area contributed by atoms with Crippen LogP contribution in [0.1, 0.15) is 17.4 Å². The van der Waals surface area contributed by atoms with Gasteiger partial charge in [-0.05, 0) is 29.8 Å². The molecule has 5 nitrogen and oxygen atoms in total. The highest BCUT2D eigenvalue weighted by Gasteiger charge is 2.27. The molecule has 3 aromatic carbocycles. The van der Waals surface area contributed by atoms with Crippen LogP contribution in [0.25, 0.3) is 11.3 Å². The molecule has 0 spiro atoms. The third-order valence-electron chi connectivity index (χ3n) is 4.89. The molecule has 2 heterocycles. The van der Waals surface area contributed by atoms with Gasteiger partial charge in [-0.3, -0.25) is 0 Å². The molecule has 1 aromatic heterocycles. The van der Waals surface area contributed by atoms with Crippen molar-refractivity contribution in [2.24, 2.45) is 0 Å². The predicted molar refractivity (Wildman–Crippen MR) is 130 cm³/mol. The topological polar surface area (TPSA) is 59.9 Å². The van der Waals surface area contributed by atoms with Crippen LogP contribution in [-0.2, 0) is 5.75 Å². The van der Waals surface area contributed by atoms with E-state index in [4.69, 9.17) is 39.5 Å². The summed E-state index contributed by atoms with van der Waals surface area (Å²) >= 11 is 20.3. The van der Waals surface area contributed by atoms with Crippen LogP contribution in [-0.4, -0.2) is 15.2 Å². The maximum Gasteiger partial charge on any atom is 0.247 e. The zero-order valence-electron chi connectivity index (χ0n) is 16.4. The van der Waals surface area contributed by atoms with E-state index in [-0.39, 0.29) is 0 Å². The van der Waals surface area contributed by atoms with E-state index in [1.165, 1.54) is 11.8 Å². The number of halogens is 3. The van der Waals surface area contributed by atoms with Gasteiger partial charge in [-0.1, -0.05) is 89.0 Å². The smallest absolute Gasteiger partial charge is 0.247 e. The molecule has 1 aliphatic rings. The molecular weight excluding hydrogens is 487 g/mol. The van der Waals surface area contributed by atoms with Gasteiger partial charge < -0.3 is 10.1 Å². The second-order valence-electron chi connectivity index (χ2n) is 6.98. The van der Waals surface area contributed by atoms with E-state index in [1.54, 1.807) is 12.1 Å². The first kappa shape index (κ1) is 21.3. The lowest BCUT2D eigenvalue weighted by molar-refractivity contribution is 0.225. The molecule has 0 radical (unpaired) electrons. The van der Waals surface area contributed by atoms with Crippen LogP contribution >= 0.6 is 46.6 Å². The van der Waals surface area contributed by atoms with E-state index in [0.717, 1.165) is 22.4 Å². The number of fused-ring (bicyclic) bond motifs is 3. The number of rotatable bonds is 4. The first-order valence-corrected chi connectivity index (χ1v) is 11.8. The molecule has 0 saturated heterocycles. The first-order valence-electron chi connectivity index (χ1n) is 9.67. The zero-order chi connectivity index (χ0) is 22.1. The van der Waals surface area contributed by atoms with Crippen molar-refractivity contribution in [1.82, 2.24) is 15.2 Å². The summed E-state index contributed by atoms with van der Waals surface area (Å²) in [5.74, 6) is 0.983. The highest BCUT2D eigenvalue weighted by molar-refractivity contribution is 7.98. The molecule has 5 rings (SSSR count). The highest BCUT2D eigenvalue weighted by atomic mass is 35.5. The summed E-state index contributed by atoms with van der Waals surface area (Å²) in [5, 5.41) is 14.4. The van der Waals surface area contributed by atoms with Crippen LogP contribution in [0.2, 0.25) is 15.1 Å². The number of nitrogens with one attached hydrogen (secondary N) is 1. The Morgan fingerprint density at radius 1 is 0.906 bits per heavy atom. The Bertz CT molecular complexity index is 1300. The SMILES string of the molecule is Clc1ccc(C2Nc3ccccc3-c3nnc(SCc4ccccc4Cl)nc3O2)c(Cl)c1. The number of thioether (sulfide) groups is 1. The van der Waals surface area contributed by atoms with Gasteiger partial charge in [0.05, 0.1) is 5.02 Å². The van der Waals surface area contributed by atoms with Gasteiger partial charge in [-0.15, -0.1) is 10.2 Å². The number of nitrogens with zero attached hydrogens (tertiary/aromatic N) is 3. The summed E-state index contributed by atoms with van der Waals surface area (Å²) in [5.41, 5.74) is 3.98. The summed E-state index contributed by atoms with van der Waals surface area (Å²) in [4.78, 5) is 4.65. The molecule has 1 atom stereocenters. The third-order valence-corrected chi connectivity index (χ3v) is 6.71. The fourth-order valence-electron chi connectivity index (χ4n) is 3.32. The number of ether oxygens (including phenoxy) is 1. The molecule has 0 fully saturated rings. The van der Waals surface area contributed by atoms with Crippen LogP contribution in [0.3, 0.4) is 0 Å². The number of anilines is 1. The van der Waals surface area contributed by atoms with Gasteiger partial charge in [0.2, 0.25) is 11.0 Å². The van der Waals surface area contributed by atoms with E-state index < -0.39 is 6.23 Å². The van der Waals surface area contributed by atoms with Gasteiger partial charge in [0.1, 0.15) is 0 Å². The standard InChI is InChI=1S/C23H15Cl3N4OS/c24-14-9-10-15(18(26)11-14)21-27-19-8-4-2-6-16(19)20-22(31-21)28-23(30-29-20)32-12-13-5-1-3-7-17(13)25/h1-11,21,27H,12H2. The van der Waals surface area contributed by atoms with Crippen LogP contribution in [0.5, 0.6) is 5.88 Å². The summed E-state index contributed by atoms with van der Waals surface area (Å²) < 4.78 is 6.27. The van der Waals surface area contributed by atoms with Gasteiger partial charge in [-0.25, -0.2) is 0 Å². The maximum atomic E-state index is 6.46. The lowest BCUT2D eigenvalue weighted by Crippen LogP contribution is -2.17. The first-order chi connectivity index (χ1) is 15.6. The minimum atomic E-state index is -0.583. The van der Waals surface area contributed by atoms with Crippen LogP contribution in [0, 0.1) is 0 Å². The Labute approximate surface area is 204 Å². The Morgan fingerprint density at radius 2 is 1.72 bits per heavy atom. The average molecular weight is 502 g/mol. The Hall–Kier alpha value is -2.51. The summed E-state index contributed by atoms with van der Waals surface area (Å²) in [7, 11) is 0. The van der Waals surface area contributed by atoms with E-state index in [2.05, 4.69) is 20.5 Å². The van der Waals surface area contributed by atoms with Crippen LogP contribution in [0.4, 0.5) is 5.69 Å². The van der Waals surface area contributed by atoms with Crippen molar-refractivity contribution in [3.63, 3.8) is 0 Å². The Balaban J connectivity index is 1.51. The molecule has 1 N–H and O–H groups in total. The number of para-hydroxylation sites is 1. The van der Waals surface area contributed by atoms with E-state index in [9.17, 15) is 0 Å². The van der Waals surface area contributed by atoms with Gasteiger partial charge in [0.25, 0.3) is 0 Å². The molecule has 32 heavy (non-hydrogen) atoms. The molecule has 4 aromatic rings. The molecule has 0 aliphatic carbocycles. The van der Waals surface area contributed by atoms with Gasteiger partial charge in [-0.2, -0.15) is 4.98 Å². The van der Waals surface area contributed by atoms with Crippen LogP contribution < -0.4 is 10.1 Å². The average Bonchev–Trinajstić information content (AvgIpc) is 2.95. The summed E-state index contributed by atoms with van der Waals surface area (Å²) in [6.45, 7) is 0. The molecular formula is C23H15Cl3N4OS. The monoisotopic (exact) mass is 500 g/mol. The quantitative estimate of drug-likeness (QED) is 0.296. The normalized spacial score (nSPS) is 14.5. The summed E-state index contributed by atoms with van der Waals surface area (Å²) in [6.07, 6.45) is -0.583. The minimum absolute atomic E-state index is 0.370. The number of aromatic nitrogens is 3. The number of benzene rings is 3. The van der Waals surface area contributed by atoms with E-state index >= 15 is 0 Å². The Morgan fingerprint density at radius 3 is 2.56 bits per heavy atom. The van der Waals surface area contributed by atoms with Crippen molar-refractivity contribution >= 4 is 52.3 Å². The largest absolute Gasteiger partial charge is 0.448 e. The lowest BCUT2D eigenvalue weighted by Gasteiger charge is -2.20. The Kier molecular flexibility index (Phi) is 6.11. The van der Waals surface area contributed by atoms with Crippen molar-refractivity contribution in [2.75, 3.05) is 5.32 Å². The predicted octanol–water partition coefficient (Wildman–Crippen LogP) is 7.29. The van der Waals surface area contributed by atoms with E-state index in [0.29, 0.717) is 37.6 Å². The van der Waals surface area contributed by atoms with Crippen molar-refractivity contribution < 1.29 is 4.74 Å². The van der Waals surface area contributed by atoms with Gasteiger partial charge >= 0.3 is 0 Å². The second-order valence-corrected chi connectivity index (χ2v) is 9.18. The second kappa shape index (κ2) is 9.16. The molecule has 1 aliphatic heterocycles. The molecule has 9 heteroatoms. The molecule has 1 unspecified atom stereocenters. The van der Waals surface area contributed by atoms with E-state index in [1.807, 2.05) is 54.6 Å². The van der Waals surface area contributed by atoms with Gasteiger partial charge in [0.15, 0.2) is 11.9 Å². The van der Waals surface area contributed by atoms with Crippen molar-refractivity contribution in [3.05, 3.63) is 92.9 Å². The van der Waals surface area contributed by atoms with Gasteiger partial charge in [0, 0.05) is 32.6 Å². The fourth-order valence-corrected chi connectivity index (χ4v) is 4.89. The zero-order valence-corrected chi connectivity index (χ0v) is 19.5. The fraction of sp³-hybridized carbons (Fsp3) is 0.0870. The molecule has 160 valence electrons. The number of hydrogen-bond acceptors (Lipinski definition) is 6. The molecule has 0 bridgehead atoms. The van der Waals surface area contributed by atoms with Crippen molar-refractivity contribution in [1.29, 1.82) is 0 Å². The molecule has 0 amide bonds. The van der Waals surface area contributed by atoms with Crippen LogP contribution in [0.15, 0.2) is 71.9 Å².